The average Bonchev–Trinajstić information content (AvgIpc) is 3.36. The van der Waals surface area contributed by atoms with E-state index < -0.39 is 6.04 Å². The van der Waals surface area contributed by atoms with Gasteiger partial charge < -0.3 is 10.2 Å². The molecule has 156 valence electrons. The summed E-state index contributed by atoms with van der Waals surface area (Å²) in [5.74, 6) is 0.696. The lowest BCUT2D eigenvalue weighted by atomic mass is 10.1. The second kappa shape index (κ2) is 8.10. The van der Waals surface area contributed by atoms with Crippen molar-refractivity contribution in [2.75, 3.05) is 16.9 Å². The van der Waals surface area contributed by atoms with Crippen LogP contribution in [0.4, 0.5) is 5.69 Å². The summed E-state index contributed by atoms with van der Waals surface area (Å²) in [7, 11) is 0. The molecule has 1 saturated heterocycles. The minimum absolute atomic E-state index is 0.168. The molecule has 30 heavy (non-hydrogen) atoms. The smallest absolute Gasteiger partial charge is 0.256 e. The molecule has 3 aromatic rings. The van der Waals surface area contributed by atoms with Gasteiger partial charge in [-0.25, -0.2) is 9.67 Å². The topological polar surface area (TPSA) is 80.1 Å². The van der Waals surface area contributed by atoms with Crippen LogP contribution in [-0.4, -0.2) is 49.2 Å². The summed E-state index contributed by atoms with van der Waals surface area (Å²) in [6.07, 6.45) is 3.30. The lowest BCUT2D eigenvalue weighted by molar-refractivity contribution is -0.119. The Balaban J connectivity index is 1.53. The number of aryl methyl sites for hydroxylation is 2. The standard InChI is InChI=1S/C22H25N5O2S/c1-13(2)27-20-16(10-24-27)8-17(9-23-20)22(29)26-12-30-11-19(26)21(28)25-18-6-5-14(3)15(4)7-18/h5-10,13,19H,11-12H2,1-4H3,(H,25,28). The molecular formula is C22H25N5O2S. The first-order valence-corrected chi connectivity index (χ1v) is 11.1. The van der Waals surface area contributed by atoms with Crippen LogP contribution in [0.3, 0.4) is 0 Å². The molecule has 0 saturated carbocycles. The Morgan fingerprint density at radius 2 is 1.97 bits per heavy atom. The summed E-state index contributed by atoms with van der Waals surface area (Å²) < 4.78 is 1.83. The molecule has 1 unspecified atom stereocenters. The van der Waals surface area contributed by atoms with Crippen molar-refractivity contribution in [1.29, 1.82) is 0 Å². The number of nitrogens with one attached hydrogen (secondary N) is 1. The van der Waals surface area contributed by atoms with Crippen molar-refractivity contribution >= 4 is 40.3 Å². The first-order chi connectivity index (χ1) is 14.3. The quantitative estimate of drug-likeness (QED) is 0.691. The Bertz CT molecular complexity index is 1120. The van der Waals surface area contributed by atoms with E-state index in [0.717, 1.165) is 22.3 Å². The summed E-state index contributed by atoms with van der Waals surface area (Å²) in [5.41, 5.74) is 4.25. The summed E-state index contributed by atoms with van der Waals surface area (Å²) in [6.45, 7) is 8.11. The van der Waals surface area contributed by atoms with Crippen LogP contribution in [0.5, 0.6) is 0 Å². The Morgan fingerprint density at radius 3 is 2.70 bits per heavy atom. The fraction of sp³-hybridized carbons (Fsp3) is 0.364. The molecular weight excluding hydrogens is 398 g/mol. The number of fused-ring (bicyclic) bond motifs is 1. The Hall–Kier alpha value is -2.87. The van der Waals surface area contributed by atoms with E-state index >= 15 is 0 Å². The highest BCUT2D eigenvalue weighted by molar-refractivity contribution is 7.99. The van der Waals surface area contributed by atoms with Crippen LogP contribution >= 0.6 is 11.8 Å². The molecule has 1 aromatic carbocycles. The van der Waals surface area contributed by atoms with Gasteiger partial charge in [-0.3, -0.25) is 9.59 Å². The van der Waals surface area contributed by atoms with Crippen LogP contribution in [0.15, 0.2) is 36.7 Å². The molecule has 8 heteroatoms. The van der Waals surface area contributed by atoms with Gasteiger partial charge in [0, 0.05) is 29.1 Å². The number of amides is 2. The maximum atomic E-state index is 13.2. The summed E-state index contributed by atoms with van der Waals surface area (Å²) in [5, 5.41) is 8.13. The van der Waals surface area contributed by atoms with Gasteiger partial charge in [-0.1, -0.05) is 6.07 Å². The van der Waals surface area contributed by atoms with Crippen molar-refractivity contribution in [2.24, 2.45) is 0 Å². The average molecular weight is 424 g/mol. The summed E-state index contributed by atoms with van der Waals surface area (Å²) in [6, 6.07) is 7.29. The number of aromatic nitrogens is 3. The molecule has 7 nitrogen and oxygen atoms in total. The number of pyridine rings is 1. The third-order valence-corrected chi connectivity index (χ3v) is 6.40. The van der Waals surface area contributed by atoms with Crippen molar-refractivity contribution in [3.63, 3.8) is 0 Å². The normalized spacial score (nSPS) is 16.4. The molecule has 1 fully saturated rings. The van der Waals surface area contributed by atoms with Gasteiger partial charge in [0.1, 0.15) is 6.04 Å². The van der Waals surface area contributed by atoms with E-state index in [1.54, 1.807) is 35.1 Å². The molecule has 4 rings (SSSR count). The third kappa shape index (κ3) is 3.79. The highest BCUT2D eigenvalue weighted by atomic mass is 32.2. The number of hydrogen-bond donors (Lipinski definition) is 1. The van der Waals surface area contributed by atoms with E-state index in [4.69, 9.17) is 0 Å². The predicted molar refractivity (Wildman–Crippen MR) is 120 cm³/mol. The van der Waals surface area contributed by atoms with Crippen LogP contribution in [0, 0.1) is 13.8 Å². The Labute approximate surface area is 179 Å². The lowest BCUT2D eigenvalue weighted by Crippen LogP contribution is -2.44. The second-order valence-corrected chi connectivity index (χ2v) is 8.90. The molecule has 1 aliphatic heterocycles. The number of anilines is 1. The van der Waals surface area contributed by atoms with Gasteiger partial charge in [0.25, 0.3) is 5.91 Å². The van der Waals surface area contributed by atoms with Crippen LogP contribution in [0.1, 0.15) is 41.4 Å². The number of benzene rings is 1. The maximum Gasteiger partial charge on any atom is 0.256 e. The van der Waals surface area contributed by atoms with Crippen LogP contribution < -0.4 is 5.32 Å². The van der Waals surface area contributed by atoms with Crippen molar-refractivity contribution in [2.45, 2.75) is 39.8 Å². The minimum atomic E-state index is -0.516. The number of nitrogens with zero attached hydrogens (tertiary/aromatic N) is 4. The van der Waals surface area contributed by atoms with Crippen LogP contribution in [-0.2, 0) is 4.79 Å². The molecule has 0 radical (unpaired) electrons. The maximum absolute atomic E-state index is 13.2. The minimum Gasteiger partial charge on any atom is -0.324 e. The molecule has 2 aromatic heterocycles. The SMILES string of the molecule is Cc1ccc(NC(=O)C2CSCN2C(=O)c2cnc3c(cnn3C(C)C)c2)cc1C. The highest BCUT2D eigenvalue weighted by Gasteiger charge is 2.35. The molecule has 0 spiro atoms. The van der Waals surface area contributed by atoms with Gasteiger partial charge in [-0.15, -0.1) is 11.8 Å². The molecule has 0 aliphatic carbocycles. The fourth-order valence-electron chi connectivity index (χ4n) is 3.51. The number of carbonyl (C=O) groups is 2. The largest absolute Gasteiger partial charge is 0.324 e. The van der Waals surface area contributed by atoms with Crippen molar-refractivity contribution in [3.05, 3.63) is 53.3 Å². The van der Waals surface area contributed by atoms with Gasteiger partial charge in [0.05, 0.1) is 17.6 Å². The van der Waals surface area contributed by atoms with E-state index in [-0.39, 0.29) is 17.9 Å². The highest BCUT2D eigenvalue weighted by Crippen LogP contribution is 2.26. The first kappa shape index (κ1) is 20.4. The van der Waals surface area contributed by atoms with E-state index in [1.807, 2.05) is 50.6 Å². The number of thioether (sulfide) groups is 1. The first-order valence-electron chi connectivity index (χ1n) is 9.95. The lowest BCUT2D eigenvalue weighted by Gasteiger charge is -2.23. The zero-order valence-electron chi connectivity index (χ0n) is 17.5. The van der Waals surface area contributed by atoms with Crippen LogP contribution in [0.2, 0.25) is 0 Å². The zero-order valence-corrected chi connectivity index (χ0v) is 18.4. The van der Waals surface area contributed by atoms with Gasteiger partial charge in [-0.2, -0.15) is 5.10 Å². The van der Waals surface area contributed by atoms with Crippen molar-refractivity contribution in [1.82, 2.24) is 19.7 Å². The fourth-order valence-corrected chi connectivity index (χ4v) is 4.66. The second-order valence-electron chi connectivity index (χ2n) is 7.90. The molecule has 1 N–H and O–H groups in total. The Morgan fingerprint density at radius 1 is 1.17 bits per heavy atom. The van der Waals surface area contributed by atoms with Gasteiger partial charge in [0.15, 0.2) is 5.65 Å². The molecule has 1 aliphatic rings. The molecule has 3 heterocycles. The molecule has 1 atom stereocenters. The van der Waals surface area contributed by atoms with Gasteiger partial charge in [0.2, 0.25) is 5.91 Å². The number of rotatable bonds is 4. The number of carbonyl (C=O) groups excluding carboxylic acids is 2. The summed E-state index contributed by atoms with van der Waals surface area (Å²) >= 11 is 1.58. The van der Waals surface area contributed by atoms with E-state index in [0.29, 0.717) is 17.2 Å². The van der Waals surface area contributed by atoms with E-state index in [9.17, 15) is 9.59 Å². The van der Waals surface area contributed by atoms with Gasteiger partial charge >= 0.3 is 0 Å². The van der Waals surface area contributed by atoms with E-state index in [1.165, 1.54) is 5.56 Å². The van der Waals surface area contributed by atoms with Gasteiger partial charge in [-0.05, 0) is 57.0 Å². The predicted octanol–water partition coefficient (Wildman–Crippen LogP) is 3.78. The Kier molecular flexibility index (Phi) is 5.51. The zero-order chi connectivity index (χ0) is 21.4. The third-order valence-electron chi connectivity index (χ3n) is 5.39. The molecule has 2 amide bonds. The summed E-state index contributed by atoms with van der Waals surface area (Å²) in [4.78, 5) is 32.1. The van der Waals surface area contributed by atoms with E-state index in [2.05, 4.69) is 15.4 Å². The van der Waals surface area contributed by atoms with Crippen molar-refractivity contribution in [3.8, 4) is 0 Å². The monoisotopic (exact) mass is 423 g/mol. The van der Waals surface area contributed by atoms with Crippen LogP contribution in [0.25, 0.3) is 11.0 Å². The number of hydrogen-bond acceptors (Lipinski definition) is 5. The molecule has 0 bridgehead atoms. The van der Waals surface area contributed by atoms with Crippen molar-refractivity contribution < 1.29 is 9.59 Å².